The van der Waals surface area contributed by atoms with Crippen LogP contribution in [-0.2, 0) is 16.6 Å². The monoisotopic (exact) mass is 411 g/mol. The van der Waals surface area contributed by atoms with E-state index in [1.54, 1.807) is 24.3 Å². The molecule has 8 nitrogen and oxygen atoms in total. The number of hydrogen-bond donors (Lipinski definition) is 1. The fourth-order valence-electron chi connectivity index (χ4n) is 2.71. The number of ether oxygens (including phenoxy) is 1. The fourth-order valence-corrected chi connectivity index (χ4v) is 3.90. The second-order valence-corrected chi connectivity index (χ2v) is 7.78. The first-order chi connectivity index (χ1) is 14.1. The highest BCUT2D eigenvalue weighted by atomic mass is 32.2. The highest BCUT2D eigenvalue weighted by Crippen LogP contribution is 2.30. The smallest absolute Gasteiger partial charge is 0.248 e. The second-order valence-electron chi connectivity index (χ2n) is 6.05. The minimum absolute atomic E-state index is 0.0153. The van der Waals surface area contributed by atoms with Gasteiger partial charge in [-0.15, -0.1) is 10.2 Å². The van der Waals surface area contributed by atoms with Crippen LogP contribution in [0.15, 0.2) is 80.7 Å². The van der Waals surface area contributed by atoms with Crippen molar-refractivity contribution in [2.24, 2.45) is 0 Å². The molecule has 0 unspecified atom stereocenters. The summed E-state index contributed by atoms with van der Waals surface area (Å²) >= 11 is 0. The van der Waals surface area contributed by atoms with Crippen molar-refractivity contribution < 1.29 is 22.0 Å². The third-order valence-corrected chi connectivity index (χ3v) is 5.58. The summed E-state index contributed by atoms with van der Waals surface area (Å²) in [5.41, 5.74) is 1.23. The van der Waals surface area contributed by atoms with E-state index in [9.17, 15) is 8.42 Å². The molecule has 0 saturated carbocycles. The van der Waals surface area contributed by atoms with Crippen molar-refractivity contribution in [2.45, 2.75) is 11.4 Å². The van der Waals surface area contributed by atoms with Gasteiger partial charge in [0.1, 0.15) is 16.4 Å². The normalized spacial score (nSPS) is 11.5. The van der Waals surface area contributed by atoms with Gasteiger partial charge in [0.2, 0.25) is 21.8 Å². The molecule has 0 aliphatic carbocycles. The van der Waals surface area contributed by atoms with Gasteiger partial charge in [0.25, 0.3) is 0 Å². The Balaban J connectivity index is 1.66. The van der Waals surface area contributed by atoms with Crippen LogP contribution in [0.3, 0.4) is 0 Å². The van der Waals surface area contributed by atoms with Crippen LogP contribution >= 0.6 is 0 Å². The van der Waals surface area contributed by atoms with Crippen LogP contribution in [-0.4, -0.2) is 25.7 Å². The Labute approximate surface area is 167 Å². The highest BCUT2D eigenvalue weighted by molar-refractivity contribution is 7.89. The first-order valence-corrected chi connectivity index (χ1v) is 10.1. The zero-order valence-electron chi connectivity index (χ0n) is 15.4. The molecule has 2 aromatic heterocycles. The van der Waals surface area contributed by atoms with Crippen molar-refractivity contribution in [2.75, 3.05) is 7.11 Å². The summed E-state index contributed by atoms with van der Waals surface area (Å²) in [5, 5.41) is 8.08. The van der Waals surface area contributed by atoms with Gasteiger partial charge in [-0.1, -0.05) is 18.2 Å². The number of methoxy groups -OCH3 is 1. The van der Waals surface area contributed by atoms with Gasteiger partial charge in [-0.2, -0.15) is 0 Å². The lowest BCUT2D eigenvalue weighted by Crippen LogP contribution is -2.23. The Hall–Kier alpha value is -3.43. The van der Waals surface area contributed by atoms with Crippen LogP contribution < -0.4 is 9.46 Å². The first-order valence-electron chi connectivity index (χ1n) is 8.66. The van der Waals surface area contributed by atoms with Gasteiger partial charge in [-0.25, -0.2) is 13.1 Å². The molecule has 0 aliphatic heterocycles. The fraction of sp³-hybridized carbons (Fsp3) is 0.100. The van der Waals surface area contributed by atoms with Crippen LogP contribution in [0.1, 0.15) is 5.76 Å². The lowest BCUT2D eigenvalue weighted by Gasteiger charge is -2.11. The Kier molecular flexibility index (Phi) is 5.15. The van der Waals surface area contributed by atoms with Crippen LogP contribution in [0.4, 0.5) is 0 Å². The summed E-state index contributed by atoms with van der Waals surface area (Å²) in [6, 6.07) is 17.3. The Bertz CT molecular complexity index is 1200. The molecule has 2 heterocycles. The van der Waals surface area contributed by atoms with Crippen LogP contribution in [0.5, 0.6) is 5.75 Å². The number of nitrogens with zero attached hydrogens (tertiary/aromatic N) is 2. The molecule has 9 heteroatoms. The quantitative estimate of drug-likeness (QED) is 0.496. The predicted molar refractivity (Wildman–Crippen MR) is 104 cm³/mol. The van der Waals surface area contributed by atoms with Crippen molar-refractivity contribution in [1.82, 2.24) is 14.9 Å². The summed E-state index contributed by atoms with van der Waals surface area (Å²) in [4.78, 5) is -0.0384. The van der Waals surface area contributed by atoms with Crippen molar-refractivity contribution in [3.63, 3.8) is 0 Å². The molecule has 4 rings (SSSR count). The molecular formula is C20H17N3O5S. The van der Waals surface area contributed by atoms with Crippen LogP contribution in [0.25, 0.3) is 22.9 Å². The SMILES string of the molecule is COc1ccc(-c2nnc(-c3ccccc3)o2)cc1S(=O)(=O)NCc1ccco1. The molecule has 2 aromatic carbocycles. The van der Waals surface area contributed by atoms with E-state index < -0.39 is 10.0 Å². The maximum absolute atomic E-state index is 12.8. The second kappa shape index (κ2) is 7.90. The van der Waals surface area contributed by atoms with Gasteiger partial charge in [-0.3, -0.25) is 0 Å². The lowest BCUT2D eigenvalue weighted by molar-refractivity contribution is 0.402. The molecule has 1 N–H and O–H groups in total. The number of nitrogens with one attached hydrogen (secondary N) is 1. The Morgan fingerprint density at radius 1 is 0.966 bits per heavy atom. The predicted octanol–water partition coefficient (Wildman–Crippen LogP) is 3.48. The highest BCUT2D eigenvalue weighted by Gasteiger charge is 2.22. The van der Waals surface area contributed by atoms with E-state index in [4.69, 9.17) is 13.6 Å². The average molecular weight is 411 g/mol. The number of benzene rings is 2. The maximum atomic E-state index is 12.8. The molecule has 0 fully saturated rings. The van der Waals surface area contributed by atoms with Crippen molar-refractivity contribution >= 4 is 10.0 Å². The van der Waals surface area contributed by atoms with E-state index in [0.717, 1.165) is 5.56 Å². The maximum Gasteiger partial charge on any atom is 0.248 e. The third kappa shape index (κ3) is 4.05. The van der Waals surface area contributed by atoms with E-state index in [2.05, 4.69) is 14.9 Å². The standard InChI is InChI=1S/C20H17N3O5S/c1-26-17-10-9-15(20-23-22-19(28-20)14-6-3-2-4-7-14)12-18(17)29(24,25)21-13-16-8-5-11-27-16/h2-12,21H,13H2,1H3. The Morgan fingerprint density at radius 3 is 2.41 bits per heavy atom. The van der Waals surface area contributed by atoms with Gasteiger partial charge < -0.3 is 13.6 Å². The molecule has 0 amide bonds. The average Bonchev–Trinajstić information content (AvgIpc) is 3.45. The number of sulfonamides is 1. The Morgan fingerprint density at radius 2 is 1.72 bits per heavy atom. The van der Waals surface area contributed by atoms with E-state index in [0.29, 0.717) is 17.2 Å². The minimum atomic E-state index is -3.88. The summed E-state index contributed by atoms with van der Waals surface area (Å²) in [7, 11) is -2.48. The zero-order valence-corrected chi connectivity index (χ0v) is 16.2. The van der Waals surface area contributed by atoms with E-state index >= 15 is 0 Å². The zero-order chi connectivity index (χ0) is 20.3. The number of rotatable bonds is 7. The molecule has 0 radical (unpaired) electrons. The molecular weight excluding hydrogens is 394 g/mol. The number of furan rings is 1. The summed E-state index contributed by atoms with van der Waals surface area (Å²) < 4.78 is 44.2. The van der Waals surface area contributed by atoms with E-state index in [1.807, 2.05) is 30.3 Å². The van der Waals surface area contributed by atoms with E-state index in [-0.39, 0.29) is 23.1 Å². The summed E-state index contributed by atoms with van der Waals surface area (Å²) in [6.45, 7) is 0.0153. The van der Waals surface area contributed by atoms with Crippen LogP contribution in [0.2, 0.25) is 0 Å². The molecule has 0 saturated heterocycles. The number of aromatic nitrogens is 2. The third-order valence-electron chi connectivity index (χ3n) is 4.16. The topological polar surface area (TPSA) is 107 Å². The molecule has 4 aromatic rings. The largest absolute Gasteiger partial charge is 0.495 e. The van der Waals surface area contributed by atoms with E-state index in [1.165, 1.54) is 19.4 Å². The summed E-state index contributed by atoms with van der Waals surface area (Å²) in [6.07, 6.45) is 1.48. The first kappa shape index (κ1) is 18.9. The molecule has 148 valence electrons. The van der Waals surface area contributed by atoms with Crippen LogP contribution in [0, 0.1) is 0 Å². The van der Waals surface area contributed by atoms with Crippen molar-refractivity contribution in [1.29, 1.82) is 0 Å². The molecule has 0 aliphatic rings. The number of hydrogen-bond acceptors (Lipinski definition) is 7. The van der Waals surface area contributed by atoms with Gasteiger partial charge in [0.05, 0.1) is 19.9 Å². The lowest BCUT2D eigenvalue weighted by atomic mass is 10.2. The van der Waals surface area contributed by atoms with Crippen molar-refractivity contribution in [3.05, 3.63) is 72.7 Å². The van der Waals surface area contributed by atoms with Gasteiger partial charge in [0.15, 0.2) is 0 Å². The van der Waals surface area contributed by atoms with Gasteiger partial charge in [-0.05, 0) is 42.5 Å². The summed E-state index contributed by atoms with van der Waals surface area (Å²) in [5.74, 6) is 1.24. The molecule has 0 spiro atoms. The van der Waals surface area contributed by atoms with Crippen molar-refractivity contribution in [3.8, 4) is 28.7 Å². The van der Waals surface area contributed by atoms with Gasteiger partial charge >= 0.3 is 0 Å². The molecule has 29 heavy (non-hydrogen) atoms. The minimum Gasteiger partial charge on any atom is -0.495 e. The van der Waals surface area contributed by atoms with Gasteiger partial charge in [0, 0.05) is 11.1 Å². The molecule has 0 atom stereocenters. The molecule has 0 bridgehead atoms.